The van der Waals surface area contributed by atoms with Crippen LogP contribution in [-0.4, -0.2) is 54.0 Å². The van der Waals surface area contributed by atoms with E-state index in [0.717, 1.165) is 32.0 Å². The molecule has 0 aromatic heterocycles. The molecule has 4 bridgehead atoms. The minimum Gasteiger partial charge on any atom is -0.368 e. The Balaban J connectivity index is 1.96. The van der Waals surface area contributed by atoms with E-state index in [0.29, 0.717) is 17.9 Å². The van der Waals surface area contributed by atoms with E-state index in [-0.39, 0.29) is 11.4 Å². The Kier molecular flexibility index (Phi) is 2.72. The van der Waals surface area contributed by atoms with Crippen LogP contribution in [0, 0.1) is 17.8 Å². The monoisotopic (exact) mass is 251 g/mol. The van der Waals surface area contributed by atoms with E-state index in [1.54, 1.807) is 0 Å². The van der Waals surface area contributed by atoms with Gasteiger partial charge in [-0.3, -0.25) is 14.6 Å². The van der Waals surface area contributed by atoms with Crippen LogP contribution in [0.15, 0.2) is 0 Å². The highest BCUT2D eigenvalue weighted by Gasteiger charge is 2.66. The number of carbonyl (C=O) groups is 1. The van der Waals surface area contributed by atoms with Crippen LogP contribution in [0.2, 0.25) is 0 Å². The van der Waals surface area contributed by atoms with Gasteiger partial charge in [-0.05, 0) is 31.7 Å². The smallest absolute Gasteiger partial charge is 0.239 e. The number of nitrogens with zero attached hydrogens (tertiary/aromatic N) is 2. The zero-order valence-electron chi connectivity index (χ0n) is 11.7. The normalized spacial score (nSPS) is 43.9. The third kappa shape index (κ3) is 1.42. The van der Waals surface area contributed by atoms with Gasteiger partial charge in [0.05, 0.1) is 0 Å². The van der Waals surface area contributed by atoms with Crippen LogP contribution in [0.1, 0.15) is 26.7 Å². The van der Waals surface area contributed by atoms with Crippen molar-refractivity contribution in [2.75, 3.05) is 26.7 Å². The second-order valence-corrected chi connectivity index (χ2v) is 6.97. The Bertz CT molecular complexity index is 370. The van der Waals surface area contributed by atoms with Crippen molar-refractivity contribution < 1.29 is 4.79 Å². The Morgan fingerprint density at radius 1 is 1.39 bits per heavy atom. The number of likely N-dealkylation sites (N-methyl/N-ethyl adjacent to an activating group) is 1. The number of primary amides is 1. The van der Waals surface area contributed by atoms with E-state index in [1.165, 1.54) is 6.42 Å². The Labute approximate surface area is 109 Å². The Morgan fingerprint density at radius 3 is 2.67 bits per heavy atom. The Hall–Kier alpha value is -0.610. The van der Waals surface area contributed by atoms with E-state index in [9.17, 15) is 4.79 Å². The summed E-state index contributed by atoms with van der Waals surface area (Å²) in [6.07, 6.45) is 2.36. The summed E-state index contributed by atoms with van der Waals surface area (Å²) in [6, 6.07) is 0.361. The topological polar surface area (TPSA) is 49.6 Å². The molecule has 1 saturated carbocycles. The minimum absolute atomic E-state index is 0.0931. The fourth-order valence-corrected chi connectivity index (χ4v) is 4.97. The lowest BCUT2D eigenvalue weighted by atomic mass is 9.63. The molecule has 18 heavy (non-hydrogen) atoms. The van der Waals surface area contributed by atoms with Crippen LogP contribution >= 0.6 is 0 Å². The number of piperidine rings is 2. The van der Waals surface area contributed by atoms with Crippen molar-refractivity contribution in [3.63, 3.8) is 0 Å². The first kappa shape index (κ1) is 12.4. The maximum Gasteiger partial charge on any atom is 0.239 e. The molecule has 1 amide bonds. The van der Waals surface area contributed by atoms with Gasteiger partial charge in [0.25, 0.3) is 0 Å². The minimum atomic E-state index is -0.371. The van der Waals surface area contributed by atoms with Crippen molar-refractivity contribution in [3.05, 3.63) is 0 Å². The number of likely N-dealkylation sites (tertiary alicyclic amines) is 1. The fourth-order valence-electron chi connectivity index (χ4n) is 4.97. The lowest BCUT2D eigenvalue weighted by Crippen LogP contribution is -2.72. The van der Waals surface area contributed by atoms with Crippen molar-refractivity contribution in [2.45, 2.75) is 38.3 Å². The van der Waals surface area contributed by atoms with E-state index in [2.05, 4.69) is 30.7 Å². The SMILES string of the molecule is CC(C)CN1CC2CC3CC1C2(C(N)=O)N(C)C3. The lowest BCUT2D eigenvalue weighted by Gasteiger charge is -2.56. The molecule has 4 heteroatoms. The first-order chi connectivity index (χ1) is 8.46. The molecule has 0 aromatic rings. The molecule has 4 aliphatic rings. The molecule has 0 spiro atoms. The van der Waals surface area contributed by atoms with Gasteiger partial charge in [0.1, 0.15) is 5.54 Å². The average molecular weight is 251 g/mol. The van der Waals surface area contributed by atoms with Crippen molar-refractivity contribution in [2.24, 2.45) is 23.5 Å². The van der Waals surface area contributed by atoms with Crippen LogP contribution in [-0.2, 0) is 4.79 Å². The molecule has 3 heterocycles. The van der Waals surface area contributed by atoms with Crippen LogP contribution in [0.3, 0.4) is 0 Å². The highest BCUT2D eigenvalue weighted by Crippen LogP contribution is 2.53. The zero-order chi connectivity index (χ0) is 13.1. The summed E-state index contributed by atoms with van der Waals surface area (Å²) in [5.41, 5.74) is 5.46. The van der Waals surface area contributed by atoms with Crippen LogP contribution < -0.4 is 5.73 Å². The maximum atomic E-state index is 12.2. The highest BCUT2D eigenvalue weighted by molar-refractivity contribution is 5.87. The third-order valence-electron chi connectivity index (χ3n) is 5.36. The summed E-state index contributed by atoms with van der Waals surface area (Å²) in [6.45, 7) is 7.71. The predicted molar refractivity (Wildman–Crippen MR) is 71.0 cm³/mol. The Morgan fingerprint density at radius 2 is 2.11 bits per heavy atom. The van der Waals surface area contributed by atoms with Gasteiger partial charge in [0.2, 0.25) is 5.91 Å². The molecule has 4 fully saturated rings. The number of rotatable bonds is 3. The molecule has 0 radical (unpaired) electrons. The highest BCUT2D eigenvalue weighted by atomic mass is 16.2. The van der Waals surface area contributed by atoms with E-state index in [4.69, 9.17) is 5.73 Å². The maximum absolute atomic E-state index is 12.2. The molecule has 4 unspecified atom stereocenters. The van der Waals surface area contributed by atoms with Gasteiger partial charge >= 0.3 is 0 Å². The molecular formula is C14H25N3O. The van der Waals surface area contributed by atoms with Crippen molar-refractivity contribution in [1.82, 2.24) is 9.80 Å². The van der Waals surface area contributed by atoms with E-state index < -0.39 is 0 Å². The van der Waals surface area contributed by atoms with Crippen LogP contribution in [0.25, 0.3) is 0 Å². The molecular weight excluding hydrogens is 226 g/mol. The molecule has 3 saturated heterocycles. The van der Waals surface area contributed by atoms with Gasteiger partial charge in [0.15, 0.2) is 0 Å². The molecule has 1 aliphatic carbocycles. The van der Waals surface area contributed by atoms with Crippen molar-refractivity contribution in [1.29, 1.82) is 0 Å². The number of fused-ring (bicyclic) bond motifs is 1. The van der Waals surface area contributed by atoms with E-state index >= 15 is 0 Å². The van der Waals surface area contributed by atoms with Crippen LogP contribution in [0.4, 0.5) is 0 Å². The lowest BCUT2D eigenvalue weighted by molar-refractivity contribution is -0.145. The summed E-state index contributed by atoms with van der Waals surface area (Å²) >= 11 is 0. The summed E-state index contributed by atoms with van der Waals surface area (Å²) in [7, 11) is 2.09. The second kappa shape index (κ2) is 3.94. The third-order valence-corrected chi connectivity index (χ3v) is 5.36. The molecule has 4 rings (SSSR count). The largest absolute Gasteiger partial charge is 0.368 e. The van der Waals surface area contributed by atoms with Crippen molar-refractivity contribution in [3.8, 4) is 0 Å². The molecule has 2 N–H and O–H groups in total. The summed E-state index contributed by atoms with van der Waals surface area (Å²) in [5.74, 6) is 1.78. The van der Waals surface area contributed by atoms with Gasteiger partial charge in [-0.1, -0.05) is 13.8 Å². The fraction of sp³-hybridized carbons (Fsp3) is 0.929. The van der Waals surface area contributed by atoms with Crippen molar-refractivity contribution >= 4 is 5.91 Å². The number of hydrogen-bond donors (Lipinski definition) is 1. The van der Waals surface area contributed by atoms with Gasteiger partial charge in [-0.2, -0.15) is 0 Å². The number of hydrogen-bond acceptors (Lipinski definition) is 3. The number of carbonyl (C=O) groups excluding carboxylic acids is 1. The molecule has 4 atom stereocenters. The van der Waals surface area contributed by atoms with Gasteiger partial charge in [-0.25, -0.2) is 0 Å². The molecule has 3 aliphatic heterocycles. The van der Waals surface area contributed by atoms with Crippen LogP contribution in [0.5, 0.6) is 0 Å². The first-order valence-electron chi connectivity index (χ1n) is 7.21. The molecule has 0 aromatic carbocycles. The zero-order valence-corrected chi connectivity index (χ0v) is 11.7. The molecule has 102 valence electrons. The number of amides is 1. The van der Waals surface area contributed by atoms with Gasteiger partial charge in [0, 0.05) is 31.6 Å². The predicted octanol–water partition coefficient (Wildman–Crippen LogP) is 0.522. The van der Waals surface area contributed by atoms with Gasteiger partial charge in [-0.15, -0.1) is 0 Å². The number of nitrogens with two attached hydrogens (primary N) is 1. The first-order valence-corrected chi connectivity index (χ1v) is 7.21. The summed E-state index contributed by atoms with van der Waals surface area (Å²) < 4.78 is 0. The van der Waals surface area contributed by atoms with E-state index in [1.807, 2.05) is 0 Å². The van der Waals surface area contributed by atoms with Gasteiger partial charge < -0.3 is 5.73 Å². The average Bonchev–Trinajstić information content (AvgIpc) is 2.46. The quantitative estimate of drug-likeness (QED) is 0.795. The standard InChI is InChI=1S/C14H25N3O/c1-9(2)6-17-8-11-4-10-5-12(17)14(11,13(15)18)16(3)7-10/h9-12H,4-8H2,1-3H3,(H2,15,18). The summed E-state index contributed by atoms with van der Waals surface area (Å²) in [5, 5.41) is 0. The molecule has 4 nitrogen and oxygen atoms in total. The second-order valence-electron chi connectivity index (χ2n) is 6.97. The summed E-state index contributed by atoms with van der Waals surface area (Å²) in [4.78, 5) is 17.0.